The molecule has 0 aromatic heterocycles. The van der Waals surface area contributed by atoms with Crippen LogP contribution in [0.5, 0.6) is 11.5 Å². The van der Waals surface area contributed by atoms with Crippen molar-refractivity contribution in [2.75, 3.05) is 29.3 Å². The Bertz CT molecular complexity index is 1510. The molecule has 9 heteroatoms. The highest BCUT2D eigenvalue weighted by Crippen LogP contribution is 2.50. The van der Waals surface area contributed by atoms with Gasteiger partial charge in [0.25, 0.3) is 0 Å². The van der Waals surface area contributed by atoms with E-state index in [4.69, 9.17) is 21.1 Å². The third-order valence-corrected chi connectivity index (χ3v) is 7.76. The number of hydrogen-bond acceptors (Lipinski definition) is 6. The molecule has 3 aliphatic heterocycles. The Morgan fingerprint density at radius 1 is 0.895 bits per heavy atom. The van der Waals surface area contributed by atoms with Gasteiger partial charge in [-0.2, -0.15) is 0 Å². The van der Waals surface area contributed by atoms with Crippen LogP contribution in [0.25, 0.3) is 6.08 Å². The van der Waals surface area contributed by atoms with Gasteiger partial charge in [-0.05, 0) is 35.9 Å². The fourth-order valence-electron chi connectivity index (χ4n) is 5.80. The fraction of sp³-hybridized carbons (Fsp3) is 0.207. The van der Waals surface area contributed by atoms with E-state index in [9.17, 15) is 14.4 Å². The van der Waals surface area contributed by atoms with Gasteiger partial charge < -0.3 is 19.7 Å². The highest BCUT2D eigenvalue weighted by atomic mass is 35.5. The fourth-order valence-corrected chi connectivity index (χ4v) is 6.02. The van der Waals surface area contributed by atoms with Crippen LogP contribution >= 0.6 is 11.6 Å². The highest BCUT2D eigenvalue weighted by molar-refractivity contribution is 6.36. The zero-order valence-corrected chi connectivity index (χ0v) is 21.4. The van der Waals surface area contributed by atoms with Crippen LogP contribution in [0.15, 0.2) is 72.8 Å². The van der Waals surface area contributed by atoms with Crippen molar-refractivity contribution in [2.24, 2.45) is 11.8 Å². The summed E-state index contributed by atoms with van der Waals surface area (Å²) in [6, 6.07) is 18.0. The number of hydrogen-bond donors (Lipinski definition) is 1. The SMILES string of the molecule is COc1ccc(OC)c(NC(=O)[C@H]2[C@@H]3C(=O)N(c4ccccc4Cl)C(=O)[C@@H]3[C@H]3C=Cc4ccccc4N32)c1. The Balaban J connectivity index is 1.45. The first kappa shape index (κ1) is 24.1. The number of rotatable bonds is 5. The van der Waals surface area contributed by atoms with E-state index in [1.807, 2.05) is 41.3 Å². The number of imide groups is 1. The predicted molar refractivity (Wildman–Crippen MR) is 145 cm³/mol. The van der Waals surface area contributed by atoms with Gasteiger partial charge in [-0.25, -0.2) is 4.90 Å². The molecule has 0 bridgehead atoms. The normalized spacial score (nSPS) is 23.1. The third kappa shape index (κ3) is 3.55. The van der Waals surface area contributed by atoms with Gasteiger partial charge in [-0.1, -0.05) is 54.1 Å². The zero-order chi connectivity index (χ0) is 26.6. The van der Waals surface area contributed by atoms with Crippen LogP contribution in [0.4, 0.5) is 17.1 Å². The number of amides is 3. The Kier molecular flexibility index (Phi) is 5.84. The third-order valence-electron chi connectivity index (χ3n) is 7.44. The van der Waals surface area contributed by atoms with Gasteiger partial charge in [0.1, 0.15) is 17.5 Å². The zero-order valence-electron chi connectivity index (χ0n) is 20.6. The minimum Gasteiger partial charge on any atom is -0.497 e. The van der Waals surface area contributed by atoms with Gasteiger partial charge in [-0.15, -0.1) is 0 Å². The number of nitrogens with one attached hydrogen (secondary N) is 1. The molecule has 8 nitrogen and oxygen atoms in total. The maximum absolute atomic E-state index is 14.1. The molecule has 0 unspecified atom stereocenters. The van der Waals surface area contributed by atoms with E-state index in [0.29, 0.717) is 22.9 Å². The summed E-state index contributed by atoms with van der Waals surface area (Å²) in [5, 5.41) is 3.23. The van der Waals surface area contributed by atoms with Crippen molar-refractivity contribution >= 4 is 52.5 Å². The van der Waals surface area contributed by atoms with Gasteiger partial charge in [0.15, 0.2) is 0 Å². The molecule has 3 aliphatic rings. The lowest BCUT2D eigenvalue weighted by Crippen LogP contribution is -2.50. The van der Waals surface area contributed by atoms with Crippen LogP contribution in [0.2, 0.25) is 5.02 Å². The summed E-state index contributed by atoms with van der Waals surface area (Å²) in [7, 11) is 3.04. The van der Waals surface area contributed by atoms with Crippen LogP contribution < -0.4 is 24.6 Å². The van der Waals surface area contributed by atoms with E-state index in [1.54, 1.807) is 42.5 Å². The van der Waals surface area contributed by atoms with Crippen LogP contribution in [0.1, 0.15) is 5.56 Å². The molecule has 0 saturated carbocycles. The van der Waals surface area contributed by atoms with Crippen LogP contribution in [-0.2, 0) is 14.4 Å². The van der Waals surface area contributed by atoms with Gasteiger partial charge in [0.05, 0.1) is 48.5 Å². The quantitative estimate of drug-likeness (QED) is 0.493. The molecule has 3 aromatic rings. The topological polar surface area (TPSA) is 88.2 Å². The molecule has 1 N–H and O–H groups in total. The standard InChI is InChI=1S/C29H24ClN3O5/c1-37-17-12-14-23(38-2)19(15-17)31-27(34)26-25-24(22-13-11-16-7-3-5-9-20(16)32(22)26)28(35)33(29(25)36)21-10-6-4-8-18(21)30/h3-15,22,24-26H,1-2H3,(H,31,34)/t22-,24-,25-,26-/m1/s1. The molecule has 6 rings (SSSR count). The van der Waals surface area contributed by atoms with E-state index >= 15 is 0 Å². The molecule has 192 valence electrons. The molecule has 0 radical (unpaired) electrons. The summed E-state index contributed by atoms with van der Waals surface area (Å²) < 4.78 is 10.8. The van der Waals surface area contributed by atoms with Crippen molar-refractivity contribution in [2.45, 2.75) is 12.1 Å². The largest absolute Gasteiger partial charge is 0.497 e. The summed E-state index contributed by atoms with van der Waals surface area (Å²) in [4.78, 5) is 44.9. The van der Waals surface area contributed by atoms with Crippen LogP contribution in [-0.4, -0.2) is 44.0 Å². The minimum atomic E-state index is -0.962. The molecule has 0 aliphatic carbocycles. The Hall–Kier alpha value is -4.30. The number of methoxy groups -OCH3 is 2. The number of ether oxygens (including phenoxy) is 2. The van der Waals surface area contributed by atoms with E-state index in [-0.39, 0.29) is 10.9 Å². The molecule has 2 saturated heterocycles. The number of anilines is 3. The van der Waals surface area contributed by atoms with Crippen molar-refractivity contribution in [1.29, 1.82) is 0 Å². The molecular formula is C29H24ClN3O5. The first-order valence-corrected chi connectivity index (χ1v) is 12.5. The number of benzene rings is 3. The first-order valence-electron chi connectivity index (χ1n) is 12.2. The lowest BCUT2D eigenvalue weighted by molar-refractivity contribution is -0.126. The van der Waals surface area contributed by atoms with Crippen molar-refractivity contribution in [1.82, 2.24) is 0 Å². The van der Waals surface area contributed by atoms with Gasteiger partial charge >= 0.3 is 0 Å². The maximum atomic E-state index is 14.1. The molecule has 3 heterocycles. The molecular weight excluding hydrogens is 506 g/mol. The number of carbonyl (C=O) groups is 3. The van der Waals surface area contributed by atoms with Crippen molar-refractivity contribution in [3.05, 3.63) is 83.4 Å². The van der Waals surface area contributed by atoms with Gasteiger partial charge in [0.2, 0.25) is 17.7 Å². The van der Waals surface area contributed by atoms with Crippen LogP contribution in [0.3, 0.4) is 0 Å². The number of carbonyl (C=O) groups excluding carboxylic acids is 3. The first-order chi connectivity index (χ1) is 18.4. The lowest BCUT2D eigenvalue weighted by atomic mass is 9.88. The molecule has 2 fully saturated rings. The second kappa shape index (κ2) is 9.22. The number of para-hydroxylation sites is 2. The van der Waals surface area contributed by atoms with Crippen molar-refractivity contribution in [3.8, 4) is 11.5 Å². The van der Waals surface area contributed by atoms with E-state index in [0.717, 1.165) is 16.2 Å². The summed E-state index contributed by atoms with van der Waals surface area (Å²) in [5.41, 5.74) is 2.41. The molecule has 3 amide bonds. The predicted octanol–water partition coefficient (Wildman–Crippen LogP) is 4.39. The minimum absolute atomic E-state index is 0.290. The number of halogens is 1. The highest BCUT2D eigenvalue weighted by Gasteiger charge is 2.64. The average molecular weight is 530 g/mol. The summed E-state index contributed by atoms with van der Waals surface area (Å²) >= 11 is 6.39. The summed E-state index contributed by atoms with van der Waals surface area (Å²) in [6.45, 7) is 0. The molecule has 38 heavy (non-hydrogen) atoms. The maximum Gasteiger partial charge on any atom is 0.248 e. The molecule has 3 aromatic carbocycles. The summed E-state index contributed by atoms with van der Waals surface area (Å²) in [6.07, 6.45) is 3.84. The van der Waals surface area contributed by atoms with Crippen LogP contribution in [0, 0.1) is 11.8 Å². The molecule has 4 atom stereocenters. The van der Waals surface area contributed by atoms with E-state index < -0.39 is 35.7 Å². The smallest absolute Gasteiger partial charge is 0.248 e. The number of nitrogens with zero attached hydrogens (tertiary/aromatic N) is 2. The Labute approximate surface area is 224 Å². The average Bonchev–Trinajstić information content (AvgIpc) is 3.41. The lowest BCUT2D eigenvalue weighted by Gasteiger charge is -2.36. The van der Waals surface area contributed by atoms with E-state index in [2.05, 4.69) is 5.32 Å². The molecule has 0 spiro atoms. The second-order valence-corrected chi connectivity index (χ2v) is 9.74. The Morgan fingerprint density at radius 3 is 2.34 bits per heavy atom. The Morgan fingerprint density at radius 2 is 1.61 bits per heavy atom. The van der Waals surface area contributed by atoms with E-state index in [1.165, 1.54) is 14.2 Å². The summed E-state index contributed by atoms with van der Waals surface area (Å²) in [5.74, 6) is -1.96. The van der Waals surface area contributed by atoms with Gasteiger partial charge in [-0.3, -0.25) is 14.4 Å². The van der Waals surface area contributed by atoms with Crippen molar-refractivity contribution in [3.63, 3.8) is 0 Å². The van der Waals surface area contributed by atoms with Gasteiger partial charge in [0, 0.05) is 11.8 Å². The second-order valence-electron chi connectivity index (χ2n) is 9.33. The number of fused-ring (bicyclic) bond motifs is 5. The monoisotopic (exact) mass is 529 g/mol. The van der Waals surface area contributed by atoms with Crippen molar-refractivity contribution < 1.29 is 23.9 Å².